The zero-order valence-electron chi connectivity index (χ0n) is 12.9. The molecule has 0 radical (unpaired) electrons. The molecular formula is C14H31N3O2. The Hall–Kier alpha value is -0.620. The molecule has 0 amide bonds. The molecule has 0 heterocycles. The molecule has 0 rings (SSSR count). The van der Waals surface area contributed by atoms with Crippen molar-refractivity contribution >= 4 is 0 Å². The molecule has 0 bridgehead atoms. The number of nitrogens with one attached hydrogen (secondary N) is 2. The van der Waals surface area contributed by atoms with E-state index in [1.807, 2.05) is 19.3 Å². The zero-order valence-corrected chi connectivity index (χ0v) is 12.9. The second-order valence-corrected chi connectivity index (χ2v) is 4.70. The van der Waals surface area contributed by atoms with Crippen LogP contribution < -0.4 is 10.6 Å². The maximum Gasteiger partial charge on any atom is 0.157 e. The van der Waals surface area contributed by atoms with E-state index in [1.54, 1.807) is 0 Å². The highest BCUT2D eigenvalue weighted by molar-refractivity contribution is 4.86. The average Bonchev–Trinajstić information content (AvgIpc) is 2.42. The lowest BCUT2D eigenvalue weighted by Crippen LogP contribution is -2.37. The number of nitrogens with zero attached hydrogens (tertiary/aromatic N) is 1. The van der Waals surface area contributed by atoms with Gasteiger partial charge in [0.25, 0.3) is 0 Å². The van der Waals surface area contributed by atoms with Crippen molar-refractivity contribution in [3.63, 3.8) is 0 Å². The lowest BCUT2D eigenvalue weighted by Gasteiger charge is -2.26. The van der Waals surface area contributed by atoms with Gasteiger partial charge in [-0.3, -0.25) is 0 Å². The first-order chi connectivity index (χ1) is 9.15. The summed E-state index contributed by atoms with van der Waals surface area (Å²) in [6.45, 7) is 5.26. The van der Waals surface area contributed by atoms with Gasteiger partial charge in [0.1, 0.15) is 0 Å². The van der Waals surface area contributed by atoms with Gasteiger partial charge in [-0.15, -0.1) is 0 Å². The maximum absolute atomic E-state index is 9.28. The first kappa shape index (κ1) is 18.4. The van der Waals surface area contributed by atoms with Gasteiger partial charge in [-0.25, -0.2) is 0 Å². The highest BCUT2D eigenvalue weighted by atomic mass is 16.6. The van der Waals surface area contributed by atoms with E-state index in [0.29, 0.717) is 12.5 Å². The van der Waals surface area contributed by atoms with Gasteiger partial charge in [0.15, 0.2) is 6.29 Å². The molecule has 114 valence electrons. The number of ether oxygens (including phenoxy) is 1. The molecule has 0 aliphatic heterocycles. The summed E-state index contributed by atoms with van der Waals surface area (Å²) in [6.07, 6.45) is 6.01. The Morgan fingerprint density at radius 2 is 2.11 bits per heavy atom. The van der Waals surface area contributed by atoms with Gasteiger partial charge in [-0.05, 0) is 39.2 Å². The molecule has 0 aromatic heterocycles. The molecule has 0 aromatic rings. The lowest BCUT2D eigenvalue weighted by molar-refractivity contribution is -0.0703. The Morgan fingerprint density at radius 1 is 1.37 bits per heavy atom. The molecule has 2 unspecified atom stereocenters. The third-order valence-electron chi connectivity index (χ3n) is 3.16. The maximum atomic E-state index is 9.28. The fourth-order valence-electron chi connectivity index (χ4n) is 1.80. The smallest absolute Gasteiger partial charge is 0.157 e. The Kier molecular flexibility index (Phi) is 12.0. The molecular weight excluding hydrogens is 242 g/mol. The highest BCUT2D eigenvalue weighted by Crippen LogP contribution is 2.03. The van der Waals surface area contributed by atoms with Crippen molar-refractivity contribution in [1.29, 1.82) is 0 Å². The summed E-state index contributed by atoms with van der Waals surface area (Å²) < 4.78 is 4.79. The van der Waals surface area contributed by atoms with Crippen LogP contribution in [0.15, 0.2) is 12.3 Å². The van der Waals surface area contributed by atoms with E-state index in [0.717, 1.165) is 32.5 Å². The van der Waals surface area contributed by atoms with Gasteiger partial charge in [0.05, 0.1) is 0 Å². The van der Waals surface area contributed by atoms with E-state index < -0.39 is 6.29 Å². The topological polar surface area (TPSA) is 56.8 Å². The van der Waals surface area contributed by atoms with Gasteiger partial charge in [-0.1, -0.05) is 13.0 Å². The van der Waals surface area contributed by atoms with Gasteiger partial charge in [-0.2, -0.15) is 0 Å². The molecule has 19 heavy (non-hydrogen) atoms. The van der Waals surface area contributed by atoms with Crippen LogP contribution in [0.25, 0.3) is 0 Å². The van der Waals surface area contributed by atoms with Crippen molar-refractivity contribution in [2.24, 2.45) is 0 Å². The number of aliphatic hydroxyl groups excluding tert-OH is 1. The Balaban J connectivity index is 3.86. The van der Waals surface area contributed by atoms with Crippen molar-refractivity contribution < 1.29 is 9.84 Å². The lowest BCUT2D eigenvalue weighted by atomic mass is 10.2. The first-order valence-corrected chi connectivity index (χ1v) is 7.10. The largest absolute Gasteiger partial charge is 0.376 e. The third-order valence-corrected chi connectivity index (χ3v) is 3.16. The summed E-state index contributed by atoms with van der Waals surface area (Å²) in [7, 11) is 5.55. The quantitative estimate of drug-likeness (QED) is 0.362. The van der Waals surface area contributed by atoms with E-state index in [-0.39, 0.29) is 0 Å². The number of hydrogen-bond donors (Lipinski definition) is 3. The van der Waals surface area contributed by atoms with E-state index in [2.05, 4.69) is 29.5 Å². The second-order valence-electron chi connectivity index (χ2n) is 4.70. The predicted octanol–water partition coefficient (Wildman–Crippen LogP) is 0.765. The fourth-order valence-corrected chi connectivity index (χ4v) is 1.80. The Morgan fingerprint density at radius 3 is 2.68 bits per heavy atom. The first-order valence-electron chi connectivity index (χ1n) is 7.10. The molecule has 2 atom stereocenters. The van der Waals surface area contributed by atoms with Crippen LogP contribution in [0.2, 0.25) is 0 Å². The molecule has 0 spiro atoms. The zero-order chi connectivity index (χ0) is 14.5. The van der Waals surface area contributed by atoms with Crippen LogP contribution in [0, 0.1) is 0 Å². The van der Waals surface area contributed by atoms with Crippen LogP contribution in [0.3, 0.4) is 0 Å². The fraction of sp³-hybridized carbons (Fsp3) is 0.857. The number of rotatable bonds is 12. The van der Waals surface area contributed by atoms with Gasteiger partial charge in [0.2, 0.25) is 0 Å². The molecule has 0 aliphatic rings. The minimum atomic E-state index is -0.704. The minimum Gasteiger partial charge on any atom is -0.376 e. The number of methoxy groups -OCH3 is 1. The van der Waals surface area contributed by atoms with Crippen molar-refractivity contribution in [3.8, 4) is 0 Å². The second kappa shape index (κ2) is 12.4. The van der Waals surface area contributed by atoms with Crippen LogP contribution in [0.4, 0.5) is 0 Å². The molecule has 5 nitrogen and oxygen atoms in total. The molecule has 3 N–H and O–H groups in total. The number of likely N-dealkylation sites (N-methyl/N-ethyl adjacent to an activating group) is 1. The summed E-state index contributed by atoms with van der Waals surface area (Å²) in [6, 6.07) is 0.477. The summed E-state index contributed by atoms with van der Waals surface area (Å²) in [5.74, 6) is 0. The average molecular weight is 273 g/mol. The normalized spacial score (nSPS) is 14.8. The summed E-state index contributed by atoms with van der Waals surface area (Å²) >= 11 is 0. The standard InChI is InChI=1S/C14H31N3O2/c1-5-13(12-16-10-7-9-15-2)17(3)11-6-8-14(18)19-4/h6,11,13-16,18H,5,7-10,12H2,1-4H3/b11-6-. The van der Waals surface area contributed by atoms with E-state index in [4.69, 9.17) is 4.74 Å². The van der Waals surface area contributed by atoms with Crippen LogP contribution in [0.1, 0.15) is 26.2 Å². The summed E-state index contributed by atoms with van der Waals surface area (Å²) in [5.41, 5.74) is 0. The molecule has 0 aromatic carbocycles. The monoisotopic (exact) mass is 273 g/mol. The minimum absolute atomic E-state index is 0.477. The van der Waals surface area contributed by atoms with Gasteiger partial charge < -0.3 is 25.4 Å². The van der Waals surface area contributed by atoms with E-state index in [9.17, 15) is 5.11 Å². The van der Waals surface area contributed by atoms with Crippen LogP contribution >= 0.6 is 0 Å². The summed E-state index contributed by atoms with van der Waals surface area (Å²) in [5, 5.41) is 15.9. The van der Waals surface area contributed by atoms with Gasteiger partial charge in [0, 0.05) is 33.2 Å². The third kappa shape index (κ3) is 9.90. The molecule has 0 fully saturated rings. The van der Waals surface area contributed by atoms with Crippen LogP contribution in [0.5, 0.6) is 0 Å². The summed E-state index contributed by atoms with van der Waals surface area (Å²) in [4.78, 5) is 2.19. The van der Waals surface area contributed by atoms with E-state index >= 15 is 0 Å². The SMILES string of the molecule is CCC(CNCCCNC)N(C)/C=C\CC(O)OC. The molecule has 0 saturated carbocycles. The predicted molar refractivity (Wildman–Crippen MR) is 80.0 cm³/mol. The van der Waals surface area contributed by atoms with Gasteiger partial charge >= 0.3 is 0 Å². The Bertz CT molecular complexity index is 225. The number of hydrogen-bond acceptors (Lipinski definition) is 5. The molecule has 0 aliphatic carbocycles. The van der Waals surface area contributed by atoms with Crippen molar-refractivity contribution in [2.75, 3.05) is 40.8 Å². The van der Waals surface area contributed by atoms with Crippen molar-refractivity contribution in [2.45, 2.75) is 38.5 Å². The number of aliphatic hydroxyl groups is 1. The van der Waals surface area contributed by atoms with Crippen LogP contribution in [-0.2, 0) is 4.74 Å². The van der Waals surface area contributed by atoms with Crippen molar-refractivity contribution in [3.05, 3.63) is 12.3 Å². The highest BCUT2D eigenvalue weighted by Gasteiger charge is 2.08. The molecule has 0 saturated heterocycles. The Labute approximate surface area is 118 Å². The van der Waals surface area contributed by atoms with E-state index in [1.165, 1.54) is 7.11 Å². The van der Waals surface area contributed by atoms with Crippen LogP contribution in [-0.4, -0.2) is 63.2 Å². The van der Waals surface area contributed by atoms with Crippen molar-refractivity contribution in [1.82, 2.24) is 15.5 Å². The molecule has 5 heteroatoms.